The molecule has 15 heavy (non-hydrogen) atoms. The quantitative estimate of drug-likeness (QED) is 0.785. The van der Waals surface area contributed by atoms with E-state index in [1.165, 1.54) is 0 Å². The molecule has 0 radical (unpaired) electrons. The van der Waals surface area contributed by atoms with Crippen LogP contribution in [-0.4, -0.2) is 26.2 Å². The zero-order chi connectivity index (χ0) is 10.8. The normalized spacial score (nSPS) is 16.9. The van der Waals surface area contributed by atoms with E-state index in [4.69, 9.17) is 34.8 Å². The van der Waals surface area contributed by atoms with E-state index < -0.39 is 0 Å². The maximum atomic E-state index is 6.15. The van der Waals surface area contributed by atoms with Crippen LogP contribution in [0.2, 0.25) is 15.1 Å². The Kier molecular flexibility index (Phi) is 3.62. The molecule has 1 aromatic carbocycles. The van der Waals surface area contributed by atoms with Gasteiger partial charge in [-0.25, -0.2) is 0 Å². The molecule has 5 heteroatoms. The second-order valence-corrected chi connectivity index (χ2v) is 4.59. The van der Waals surface area contributed by atoms with E-state index in [0.717, 1.165) is 31.9 Å². The Morgan fingerprint density at radius 3 is 2.33 bits per heavy atom. The molecule has 1 saturated heterocycles. The SMILES string of the molecule is Clc1ccc(N2CCNCC2)c(Cl)c1Cl. The highest BCUT2D eigenvalue weighted by Crippen LogP contribution is 2.37. The van der Waals surface area contributed by atoms with Crippen molar-refractivity contribution in [3.05, 3.63) is 27.2 Å². The topological polar surface area (TPSA) is 15.3 Å². The molecule has 0 aromatic heterocycles. The Morgan fingerprint density at radius 2 is 1.67 bits per heavy atom. The molecular formula is C10H11Cl3N2. The van der Waals surface area contributed by atoms with Gasteiger partial charge < -0.3 is 10.2 Å². The van der Waals surface area contributed by atoms with Crippen molar-refractivity contribution in [3.63, 3.8) is 0 Å². The maximum Gasteiger partial charge on any atom is 0.0840 e. The summed E-state index contributed by atoms with van der Waals surface area (Å²) in [4.78, 5) is 2.21. The van der Waals surface area contributed by atoms with Gasteiger partial charge in [0.15, 0.2) is 0 Å². The number of piperazine rings is 1. The number of benzene rings is 1. The number of nitrogens with one attached hydrogen (secondary N) is 1. The summed E-state index contributed by atoms with van der Waals surface area (Å²) < 4.78 is 0. The van der Waals surface area contributed by atoms with Crippen LogP contribution >= 0.6 is 34.8 Å². The van der Waals surface area contributed by atoms with Crippen molar-refractivity contribution in [2.24, 2.45) is 0 Å². The van der Waals surface area contributed by atoms with E-state index in [0.29, 0.717) is 15.1 Å². The largest absolute Gasteiger partial charge is 0.368 e. The van der Waals surface area contributed by atoms with Gasteiger partial charge in [-0.2, -0.15) is 0 Å². The molecular weight excluding hydrogens is 254 g/mol. The molecule has 1 N–H and O–H groups in total. The molecule has 1 aliphatic rings. The number of hydrogen-bond donors (Lipinski definition) is 1. The Balaban J connectivity index is 2.31. The highest BCUT2D eigenvalue weighted by Gasteiger charge is 2.16. The number of rotatable bonds is 1. The minimum absolute atomic E-state index is 0.439. The van der Waals surface area contributed by atoms with Crippen molar-refractivity contribution in [3.8, 4) is 0 Å². The lowest BCUT2D eigenvalue weighted by Gasteiger charge is -2.30. The van der Waals surface area contributed by atoms with Crippen LogP contribution in [0.5, 0.6) is 0 Å². The minimum atomic E-state index is 0.439. The van der Waals surface area contributed by atoms with Gasteiger partial charge in [-0.1, -0.05) is 34.8 Å². The molecule has 1 aliphatic heterocycles. The fourth-order valence-electron chi connectivity index (χ4n) is 1.67. The van der Waals surface area contributed by atoms with Gasteiger partial charge in [-0.3, -0.25) is 0 Å². The van der Waals surface area contributed by atoms with Crippen molar-refractivity contribution in [2.75, 3.05) is 31.1 Å². The molecule has 0 unspecified atom stereocenters. The van der Waals surface area contributed by atoms with Crippen LogP contribution in [0.3, 0.4) is 0 Å². The monoisotopic (exact) mass is 264 g/mol. The fraction of sp³-hybridized carbons (Fsp3) is 0.400. The molecule has 0 amide bonds. The van der Waals surface area contributed by atoms with Crippen molar-refractivity contribution in [1.29, 1.82) is 0 Å². The summed E-state index contributed by atoms with van der Waals surface area (Å²) >= 11 is 18.0. The first-order valence-electron chi connectivity index (χ1n) is 4.79. The average Bonchev–Trinajstić information content (AvgIpc) is 2.27. The van der Waals surface area contributed by atoms with Gasteiger partial charge in [0.1, 0.15) is 0 Å². The summed E-state index contributed by atoms with van der Waals surface area (Å²) in [6, 6.07) is 3.70. The van der Waals surface area contributed by atoms with Gasteiger partial charge in [0.05, 0.1) is 20.8 Å². The lowest BCUT2D eigenvalue weighted by atomic mass is 10.2. The van der Waals surface area contributed by atoms with E-state index >= 15 is 0 Å². The molecule has 2 rings (SSSR count). The number of hydrogen-bond acceptors (Lipinski definition) is 2. The number of nitrogens with zero attached hydrogens (tertiary/aromatic N) is 1. The minimum Gasteiger partial charge on any atom is -0.368 e. The van der Waals surface area contributed by atoms with Crippen molar-refractivity contribution >= 4 is 40.5 Å². The van der Waals surface area contributed by atoms with Gasteiger partial charge in [0.2, 0.25) is 0 Å². The molecule has 1 aromatic rings. The summed E-state index contributed by atoms with van der Waals surface area (Å²) in [6.45, 7) is 3.82. The molecule has 0 spiro atoms. The van der Waals surface area contributed by atoms with E-state index in [2.05, 4.69) is 10.2 Å². The summed E-state index contributed by atoms with van der Waals surface area (Å²) in [7, 11) is 0. The lowest BCUT2D eigenvalue weighted by Crippen LogP contribution is -2.43. The Labute approximate surface area is 104 Å². The molecule has 2 nitrogen and oxygen atoms in total. The van der Waals surface area contributed by atoms with E-state index in [1.54, 1.807) is 6.07 Å². The second kappa shape index (κ2) is 4.79. The van der Waals surface area contributed by atoms with Crippen molar-refractivity contribution in [1.82, 2.24) is 5.32 Å². The van der Waals surface area contributed by atoms with Crippen LogP contribution in [0.1, 0.15) is 0 Å². The van der Waals surface area contributed by atoms with Crippen LogP contribution < -0.4 is 10.2 Å². The van der Waals surface area contributed by atoms with Gasteiger partial charge in [-0.15, -0.1) is 0 Å². The van der Waals surface area contributed by atoms with E-state index in [9.17, 15) is 0 Å². The first kappa shape index (κ1) is 11.3. The summed E-state index contributed by atoms with van der Waals surface area (Å²) in [5.74, 6) is 0. The second-order valence-electron chi connectivity index (χ2n) is 3.43. The van der Waals surface area contributed by atoms with E-state index in [-0.39, 0.29) is 0 Å². The Hall–Kier alpha value is -0.150. The fourth-order valence-corrected chi connectivity index (χ4v) is 2.32. The van der Waals surface area contributed by atoms with Gasteiger partial charge in [0.25, 0.3) is 0 Å². The Morgan fingerprint density at radius 1 is 1.00 bits per heavy atom. The Bertz CT molecular complexity index is 362. The van der Waals surface area contributed by atoms with Crippen LogP contribution in [0.4, 0.5) is 5.69 Å². The third-order valence-electron chi connectivity index (χ3n) is 2.47. The number of anilines is 1. The third kappa shape index (κ3) is 2.34. The zero-order valence-corrected chi connectivity index (χ0v) is 10.3. The predicted molar refractivity (Wildman–Crippen MR) is 66.6 cm³/mol. The lowest BCUT2D eigenvalue weighted by molar-refractivity contribution is 0.589. The van der Waals surface area contributed by atoms with Crippen molar-refractivity contribution in [2.45, 2.75) is 0 Å². The van der Waals surface area contributed by atoms with Crippen LogP contribution in [-0.2, 0) is 0 Å². The van der Waals surface area contributed by atoms with Crippen LogP contribution in [0.25, 0.3) is 0 Å². The molecule has 0 bridgehead atoms. The molecule has 0 atom stereocenters. The first-order valence-corrected chi connectivity index (χ1v) is 5.92. The predicted octanol–water partition coefficient (Wildman–Crippen LogP) is 3.06. The molecule has 0 aliphatic carbocycles. The molecule has 82 valence electrons. The molecule has 1 fully saturated rings. The van der Waals surface area contributed by atoms with Gasteiger partial charge in [-0.05, 0) is 12.1 Å². The maximum absolute atomic E-state index is 6.15. The van der Waals surface area contributed by atoms with E-state index in [1.807, 2.05) is 6.07 Å². The third-order valence-corrected chi connectivity index (χ3v) is 3.76. The zero-order valence-electron chi connectivity index (χ0n) is 8.06. The van der Waals surface area contributed by atoms with Crippen molar-refractivity contribution < 1.29 is 0 Å². The average molecular weight is 266 g/mol. The number of halogens is 3. The molecule has 1 heterocycles. The first-order chi connectivity index (χ1) is 7.20. The molecule has 0 saturated carbocycles. The van der Waals surface area contributed by atoms with Gasteiger partial charge in [0, 0.05) is 26.2 Å². The smallest absolute Gasteiger partial charge is 0.0840 e. The standard InChI is InChI=1S/C10H11Cl3N2/c11-7-1-2-8(10(13)9(7)12)15-5-3-14-4-6-15/h1-2,14H,3-6H2. The van der Waals surface area contributed by atoms with Crippen LogP contribution in [0.15, 0.2) is 12.1 Å². The summed E-state index contributed by atoms with van der Waals surface area (Å²) in [5, 5.41) is 4.77. The van der Waals surface area contributed by atoms with Gasteiger partial charge >= 0.3 is 0 Å². The summed E-state index contributed by atoms with van der Waals surface area (Å²) in [6.07, 6.45) is 0. The van der Waals surface area contributed by atoms with Crippen LogP contribution in [0, 0.1) is 0 Å². The summed E-state index contributed by atoms with van der Waals surface area (Å²) in [5.41, 5.74) is 0.965. The highest BCUT2D eigenvalue weighted by atomic mass is 35.5. The highest BCUT2D eigenvalue weighted by molar-refractivity contribution is 6.49.